The van der Waals surface area contributed by atoms with Crippen LogP contribution in [0.3, 0.4) is 0 Å². The number of nitrogens with one attached hydrogen (secondary N) is 1. The van der Waals surface area contributed by atoms with Crippen LogP contribution in [0.15, 0.2) is 12.2 Å². The van der Waals surface area contributed by atoms with Crippen molar-refractivity contribution in [2.45, 2.75) is 26.2 Å². The zero-order valence-electron chi connectivity index (χ0n) is 9.96. The zero-order chi connectivity index (χ0) is 11.6. The molecule has 1 N–H and O–H groups in total. The third-order valence-electron chi connectivity index (χ3n) is 2.55. The summed E-state index contributed by atoms with van der Waals surface area (Å²) in [6.07, 6.45) is 7.16. The van der Waals surface area contributed by atoms with E-state index in [1.54, 1.807) is 6.08 Å². The van der Waals surface area contributed by atoms with Gasteiger partial charge in [0.25, 0.3) is 0 Å². The van der Waals surface area contributed by atoms with E-state index in [-0.39, 0.29) is 5.91 Å². The third kappa shape index (κ3) is 5.57. The molecule has 0 radical (unpaired) electrons. The van der Waals surface area contributed by atoms with Crippen LogP contribution in [0.1, 0.15) is 26.2 Å². The van der Waals surface area contributed by atoms with Crippen molar-refractivity contribution in [1.29, 1.82) is 0 Å². The summed E-state index contributed by atoms with van der Waals surface area (Å²) in [7, 11) is 0. The summed E-state index contributed by atoms with van der Waals surface area (Å²) in [5, 5.41) is 2.70. The minimum atomic E-state index is -0.0743. The molecule has 0 saturated carbocycles. The molecule has 1 heterocycles. The molecule has 0 aromatic rings. The summed E-state index contributed by atoms with van der Waals surface area (Å²) in [5.74, 6) is 5.98. The number of amides is 1. The first kappa shape index (κ1) is 12.8. The Morgan fingerprint density at radius 2 is 2.06 bits per heavy atom. The maximum atomic E-state index is 11.0. The van der Waals surface area contributed by atoms with E-state index in [0.29, 0.717) is 6.54 Å². The summed E-state index contributed by atoms with van der Waals surface area (Å²) in [4.78, 5) is 13.4. The van der Waals surface area contributed by atoms with Crippen molar-refractivity contribution in [1.82, 2.24) is 10.2 Å². The van der Waals surface area contributed by atoms with Gasteiger partial charge in [-0.3, -0.25) is 9.69 Å². The molecule has 88 valence electrons. The lowest BCUT2D eigenvalue weighted by molar-refractivity contribution is -0.116. The van der Waals surface area contributed by atoms with Crippen molar-refractivity contribution in [2.24, 2.45) is 0 Å². The highest BCUT2D eigenvalue weighted by molar-refractivity contribution is 5.87. The average molecular weight is 220 g/mol. The van der Waals surface area contributed by atoms with Gasteiger partial charge < -0.3 is 5.32 Å². The molecule has 1 aliphatic heterocycles. The first-order chi connectivity index (χ1) is 7.83. The lowest BCUT2D eigenvalue weighted by Crippen LogP contribution is -2.30. The zero-order valence-corrected chi connectivity index (χ0v) is 9.96. The standard InChI is InChI=1S/C13H20N2O/c1-2-8-13(16)14-9-4-7-12-15-10-5-3-6-11-15/h2,8H,3,5-6,9-12H2,1H3,(H,14,16)/b8-2+. The van der Waals surface area contributed by atoms with Crippen LogP contribution in [0, 0.1) is 11.8 Å². The number of allylic oxidation sites excluding steroid dienone is 1. The van der Waals surface area contributed by atoms with Crippen LogP contribution < -0.4 is 5.32 Å². The van der Waals surface area contributed by atoms with Gasteiger partial charge in [-0.1, -0.05) is 24.3 Å². The van der Waals surface area contributed by atoms with Gasteiger partial charge in [0.1, 0.15) is 0 Å². The SMILES string of the molecule is C/C=C/C(=O)NCC#CCN1CCCCC1. The number of piperidine rings is 1. The summed E-state index contributed by atoms with van der Waals surface area (Å²) in [6.45, 7) is 5.43. The molecule has 0 spiro atoms. The van der Waals surface area contributed by atoms with E-state index in [2.05, 4.69) is 22.1 Å². The highest BCUT2D eigenvalue weighted by atomic mass is 16.1. The van der Waals surface area contributed by atoms with Crippen molar-refractivity contribution >= 4 is 5.91 Å². The van der Waals surface area contributed by atoms with E-state index >= 15 is 0 Å². The molecule has 1 amide bonds. The highest BCUT2D eigenvalue weighted by Gasteiger charge is 2.07. The van der Waals surface area contributed by atoms with E-state index in [0.717, 1.165) is 6.54 Å². The molecule has 3 heteroatoms. The Kier molecular flexibility index (Phi) is 6.36. The minimum absolute atomic E-state index is 0.0743. The Balaban J connectivity index is 2.10. The van der Waals surface area contributed by atoms with E-state index < -0.39 is 0 Å². The molecule has 16 heavy (non-hydrogen) atoms. The smallest absolute Gasteiger partial charge is 0.244 e. The predicted molar refractivity (Wildman–Crippen MR) is 65.9 cm³/mol. The molecule has 0 atom stereocenters. The van der Waals surface area contributed by atoms with Gasteiger partial charge in [-0.2, -0.15) is 0 Å². The van der Waals surface area contributed by atoms with Gasteiger partial charge in [-0.05, 0) is 38.9 Å². The van der Waals surface area contributed by atoms with Gasteiger partial charge in [-0.25, -0.2) is 0 Å². The first-order valence-electron chi connectivity index (χ1n) is 5.91. The van der Waals surface area contributed by atoms with Crippen LogP contribution in [-0.2, 0) is 4.79 Å². The van der Waals surface area contributed by atoms with Gasteiger partial charge in [0.15, 0.2) is 0 Å². The third-order valence-corrected chi connectivity index (χ3v) is 2.55. The van der Waals surface area contributed by atoms with Crippen LogP contribution in [0.5, 0.6) is 0 Å². The van der Waals surface area contributed by atoms with Gasteiger partial charge in [0.2, 0.25) is 5.91 Å². The Hall–Kier alpha value is -1.27. The normalized spacial score (nSPS) is 16.8. The predicted octanol–water partition coefficient (Wildman–Crippen LogP) is 1.17. The highest BCUT2D eigenvalue weighted by Crippen LogP contribution is 2.06. The molecule has 1 saturated heterocycles. The lowest BCUT2D eigenvalue weighted by Gasteiger charge is -2.23. The first-order valence-corrected chi connectivity index (χ1v) is 5.91. The fourth-order valence-electron chi connectivity index (χ4n) is 1.69. The molecule has 3 nitrogen and oxygen atoms in total. The molecule has 1 aliphatic rings. The Bertz CT molecular complexity index is 293. The van der Waals surface area contributed by atoms with Crippen molar-refractivity contribution in [3.8, 4) is 11.8 Å². The fraction of sp³-hybridized carbons (Fsp3) is 0.615. The van der Waals surface area contributed by atoms with Crippen LogP contribution in [0.2, 0.25) is 0 Å². The Morgan fingerprint density at radius 1 is 1.31 bits per heavy atom. The summed E-state index contributed by atoms with van der Waals surface area (Å²) in [5.41, 5.74) is 0. The lowest BCUT2D eigenvalue weighted by atomic mass is 10.1. The molecule has 0 bridgehead atoms. The van der Waals surface area contributed by atoms with Crippen LogP contribution in [0.4, 0.5) is 0 Å². The maximum Gasteiger partial charge on any atom is 0.244 e. The summed E-state index contributed by atoms with van der Waals surface area (Å²) < 4.78 is 0. The van der Waals surface area contributed by atoms with Crippen LogP contribution in [-0.4, -0.2) is 37.0 Å². The van der Waals surface area contributed by atoms with Crippen molar-refractivity contribution in [3.63, 3.8) is 0 Å². The van der Waals surface area contributed by atoms with Crippen LogP contribution >= 0.6 is 0 Å². The summed E-state index contributed by atoms with van der Waals surface area (Å²) in [6, 6.07) is 0. The molecule has 1 fully saturated rings. The van der Waals surface area contributed by atoms with E-state index in [1.165, 1.54) is 38.4 Å². The second kappa shape index (κ2) is 7.95. The van der Waals surface area contributed by atoms with E-state index in [1.807, 2.05) is 6.92 Å². The summed E-state index contributed by atoms with van der Waals surface area (Å²) >= 11 is 0. The number of likely N-dealkylation sites (tertiary alicyclic amines) is 1. The molecule has 1 rings (SSSR count). The van der Waals surface area contributed by atoms with Crippen molar-refractivity contribution in [2.75, 3.05) is 26.2 Å². The average Bonchev–Trinajstić information content (AvgIpc) is 2.30. The van der Waals surface area contributed by atoms with E-state index in [9.17, 15) is 4.79 Å². The number of hydrogen-bond donors (Lipinski definition) is 1. The maximum absolute atomic E-state index is 11.0. The second-order valence-electron chi connectivity index (χ2n) is 3.91. The van der Waals surface area contributed by atoms with Gasteiger partial charge >= 0.3 is 0 Å². The topological polar surface area (TPSA) is 32.3 Å². The van der Waals surface area contributed by atoms with Gasteiger partial charge in [0, 0.05) is 0 Å². The van der Waals surface area contributed by atoms with Gasteiger partial charge in [-0.15, -0.1) is 0 Å². The Labute approximate surface area is 97.9 Å². The number of hydrogen-bond acceptors (Lipinski definition) is 2. The van der Waals surface area contributed by atoms with Crippen molar-refractivity contribution < 1.29 is 4.79 Å². The van der Waals surface area contributed by atoms with Gasteiger partial charge in [0.05, 0.1) is 13.1 Å². The molecule has 0 unspecified atom stereocenters. The number of rotatable bonds is 3. The molecular formula is C13H20N2O. The van der Waals surface area contributed by atoms with E-state index in [4.69, 9.17) is 0 Å². The number of nitrogens with zero attached hydrogens (tertiary/aromatic N) is 1. The largest absolute Gasteiger partial charge is 0.342 e. The number of carbonyl (C=O) groups excluding carboxylic acids is 1. The molecular weight excluding hydrogens is 200 g/mol. The molecule has 0 aromatic carbocycles. The monoisotopic (exact) mass is 220 g/mol. The quantitative estimate of drug-likeness (QED) is 0.572. The fourth-order valence-corrected chi connectivity index (χ4v) is 1.69. The Morgan fingerprint density at radius 3 is 2.75 bits per heavy atom. The number of carbonyl (C=O) groups is 1. The van der Waals surface area contributed by atoms with Crippen molar-refractivity contribution in [3.05, 3.63) is 12.2 Å². The van der Waals surface area contributed by atoms with Crippen LogP contribution in [0.25, 0.3) is 0 Å². The molecule has 0 aliphatic carbocycles. The second-order valence-corrected chi connectivity index (χ2v) is 3.91. The minimum Gasteiger partial charge on any atom is -0.342 e. The molecule has 0 aromatic heterocycles.